The van der Waals surface area contributed by atoms with Crippen molar-refractivity contribution in [1.29, 1.82) is 5.41 Å². The summed E-state index contributed by atoms with van der Waals surface area (Å²) in [6, 6.07) is 7.84. The zero-order valence-electron chi connectivity index (χ0n) is 13.4. The molecule has 0 radical (unpaired) electrons. The molecule has 1 aromatic rings. The normalized spacial score (nSPS) is 16.1. The van der Waals surface area contributed by atoms with Gasteiger partial charge in [0.05, 0.1) is 29.4 Å². The number of aliphatic hydroxyl groups is 1. The van der Waals surface area contributed by atoms with Crippen LogP contribution in [0.1, 0.15) is 6.92 Å². The molecule has 0 unspecified atom stereocenters. The Morgan fingerprint density at radius 1 is 1.26 bits per heavy atom. The molecular formula is C17H22N4O2. The number of aliphatic hydroxyl groups excluding tert-OH is 1. The highest BCUT2D eigenvalue weighted by Crippen LogP contribution is 2.21. The van der Waals surface area contributed by atoms with E-state index in [1.807, 2.05) is 31.3 Å². The fourth-order valence-electron chi connectivity index (χ4n) is 2.06. The molecule has 122 valence electrons. The fourth-order valence-corrected chi connectivity index (χ4v) is 2.06. The first-order valence-electron chi connectivity index (χ1n) is 7.47. The number of anilines is 1. The fraction of sp³-hybridized carbons (Fsp3) is 0.294. The third-order valence-electron chi connectivity index (χ3n) is 3.49. The Kier molecular flexibility index (Phi) is 5.54. The van der Waals surface area contributed by atoms with Crippen LogP contribution >= 0.6 is 0 Å². The number of nitrogens with one attached hydrogen (secondary N) is 1. The maximum atomic E-state index is 8.83. The Hall–Kier alpha value is -2.60. The van der Waals surface area contributed by atoms with Crippen molar-refractivity contribution >= 4 is 22.8 Å². The second-order valence-electron chi connectivity index (χ2n) is 5.12. The maximum Gasteiger partial charge on any atom is 0.146 e. The van der Waals surface area contributed by atoms with Crippen LogP contribution in [-0.4, -0.2) is 43.3 Å². The van der Waals surface area contributed by atoms with Gasteiger partial charge in [-0.3, -0.25) is 5.41 Å². The molecule has 0 heterocycles. The second-order valence-corrected chi connectivity index (χ2v) is 5.12. The molecule has 1 aromatic carbocycles. The molecule has 0 saturated heterocycles. The molecule has 0 atom stereocenters. The summed E-state index contributed by atoms with van der Waals surface area (Å²) in [5, 5.41) is 16.7. The van der Waals surface area contributed by atoms with E-state index in [0.29, 0.717) is 17.2 Å². The molecular weight excluding hydrogens is 292 g/mol. The van der Waals surface area contributed by atoms with Crippen molar-refractivity contribution in [2.24, 2.45) is 10.7 Å². The maximum absolute atomic E-state index is 8.83. The topological polar surface area (TPSA) is 94.9 Å². The van der Waals surface area contributed by atoms with Crippen LogP contribution in [0.3, 0.4) is 0 Å². The molecule has 6 nitrogen and oxygen atoms in total. The van der Waals surface area contributed by atoms with E-state index >= 15 is 0 Å². The molecule has 0 amide bonds. The number of nitrogens with zero attached hydrogens (tertiary/aromatic N) is 2. The Balaban J connectivity index is 2.24. The third kappa shape index (κ3) is 4.20. The van der Waals surface area contributed by atoms with Gasteiger partial charge in [-0.15, -0.1) is 0 Å². The van der Waals surface area contributed by atoms with E-state index in [0.717, 1.165) is 17.9 Å². The van der Waals surface area contributed by atoms with E-state index < -0.39 is 0 Å². The largest absolute Gasteiger partial charge is 0.489 e. The number of hydrogen-bond acceptors (Lipinski definition) is 6. The summed E-state index contributed by atoms with van der Waals surface area (Å²) in [4.78, 5) is 6.64. The average molecular weight is 314 g/mol. The first-order valence-corrected chi connectivity index (χ1v) is 7.47. The van der Waals surface area contributed by atoms with E-state index in [-0.39, 0.29) is 18.9 Å². The predicted molar refractivity (Wildman–Crippen MR) is 93.6 cm³/mol. The van der Waals surface area contributed by atoms with Gasteiger partial charge in [0.15, 0.2) is 0 Å². The Bertz CT molecular complexity index is 660. The molecule has 0 spiro atoms. The lowest BCUT2D eigenvalue weighted by Gasteiger charge is -2.17. The summed E-state index contributed by atoms with van der Waals surface area (Å²) in [5.74, 6) is 0.356. The number of hydrogen-bond donors (Lipinski definition) is 3. The van der Waals surface area contributed by atoms with Gasteiger partial charge in [0.25, 0.3) is 0 Å². The molecule has 0 bridgehead atoms. The van der Waals surface area contributed by atoms with Crippen molar-refractivity contribution < 1.29 is 9.84 Å². The summed E-state index contributed by atoms with van der Waals surface area (Å²) in [7, 11) is 2.03. The van der Waals surface area contributed by atoms with Crippen molar-refractivity contribution in [1.82, 2.24) is 0 Å². The predicted octanol–water partition coefficient (Wildman–Crippen LogP) is 1.98. The van der Waals surface area contributed by atoms with E-state index in [1.165, 1.54) is 6.08 Å². The summed E-state index contributed by atoms with van der Waals surface area (Å²) in [5.41, 5.74) is 8.97. The molecule has 0 fully saturated rings. The molecule has 0 aliphatic heterocycles. The van der Waals surface area contributed by atoms with Gasteiger partial charge in [-0.05, 0) is 37.3 Å². The molecule has 23 heavy (non-hydrogen) atoms. The van der Waals surface area contributed by atoms with Crippen LogP contribution < -0.4 is 10.6 Å². The number of benzene rings is 1. The number of aliphatic imine (C=N–C) groups is 1. The third-order valence-corrected chi connectivity index (χ3v) is 3.49. The lowest BCUT2D eigenvalue weighted by Crippen LogP contribution is -2.20. The Morgan fingerprint density at radius 2 is 1.96 bits per heavy atom. The van der Waals surface area contributed by atoms with Crippen LogP contribution in [0.4, 0.5) is 11.4 Å². The number of rotatable bonds is 6. The van der Waals surface area contributed by atoms with Crippen molar-refractivity contribution in [3.8, 4) is 0 Å². The highest BCUT2D eigenvalue weighted by molar-refractivity contribution is 6.22. The SMILES string of the molecule is CCN(C)c1ccc(/N=C2\C=C(OCCO)C(=N)C=C2N)cc1. The standard InChI is InChI=1S/C17H22N4O2/c1-3-21(2)13-6-4-12(5-7-13)20-16-11-17(23-9-8-22)15(19)10-14(16)18/h4-7,10-11,19,22H,3,8-9,18H2,1-2H3/b19-15?,20-16+. The van der Waals surface area contributed by atoms with Crippen molar-refractivity contribution in [3.63, 3.8) is 0 Å². The van der Waals surface area contributed by atoms with Gasteiger partial charge in [0.2, 0.25) is 0 Å². The average Bonchev–Trinajstić information content (AvgIpc) is 2.56. The number of nitrogens with two attached hydrogens (primary N) is 1. The van der Waals surface area contributed by atoms with Crippen molar-refractivity contribution in [3.05, 3.63) is 47.9 Å². The van der Waals surface area contributed by atoms with Gasteiger partial charge < -0.3 is 20.5 Å². The molecule has 2 rings (SSSR count). The zero-order valence-corrected chi connectivity index (χ0v) is 13.4. The summed E-state index contributed by atoms with van der Waals surface area (Å²) in [6.45, 7) is 3.05. The molecule has 6 heteroatoms. The molecule has 1 aliphatic rings. The van der Waals surface area contributed by atoms with Crippen LogP contribution in [0, 0.1) is 5.41 Å². The Morgan fingerprint density at radius 3 is 2.57 bits per heavy atom. The molecule has 4 N–H and O–H groups in total. The minimum Gasteiger partial charge on any atom is -0.489 e. The van der Waals surface area contributed by atoms with Crippen LogP contribution in [0.15, 0.2) is 52.9 Å². The van der Waals surface area contributed by atoms with Gasteiger partial charge in [-0.2, -0.15) is 0 Å². The molecule has 0 saturated carbocycles. The minimum absolute atomic E-state index is 0.108. The van der Waals surface area contributed by atoms with E-state index in [1.54, 1.807) is 6.08 Å². The smallest absolute Gasteiger partial charge is 0.146 e. The van der Waals surface area contributed by atoms with Crippen LogP contribution in [0.2, 0.25) is 0 Å². The molecule has 0 aromatic heterocycles. The van der Waals surface area contributed by atoms with Gasteiger partial charge in [-0.1, -0.05) is 0 Å². The van der Waals surface area contributed by atoms with Gasteiger partial charge in [0.1, 0.15) is 12.4 Å². The minimum atomic E-state index is -0.108. The highest BCUT2D eigenvalue weighted by atomic mass is 16.5. The van der Waals surface area contributed by atoms with Crippen molar-refractivity contribution in [2.45, 2.75) is 6.92 Å². The van der Waals surface area contributed by atoms with Gasteiger partial charge in [-0.25, -0.2) is 4.99 Å². The van der Waals surface area contributed by atoms with Crippen LogP contribution in [-0.2, 0) is 4.74 Å². The van der Waals surface area contributed by atoms with Crippen molar-refractivity contribution in [2.75, 3.05) is 31.7 Å². The second kappa shape index (κ2) is 7.60. The first kappa shape index (κ1) is 16.8. The van der Waals surface area contributed by atoms with Gasteiger partial charge in [0, 0.05) is 25.4 Å². The highest BCUT2D eigenvalue weighted by Gasteiger charge is 2.15. The molecule has 1 aliphatic carbocycles. The first-order chi connectivity index (χ1) is 11.0. The van der Waals surface area contributed by atoms with E-state index in [2.05, 4.69) is 16.8 Å². The van der Waals surface area contributed by atoms with Crippen LogP contribution in [0.25, 0.3) is 0 Å². The number of ether oxygens (including phenoxy) is 1. The van der Waals surface area contributed by atoms with Gasteiger partial charge >= 0.3 is 0 Å². The summed E-state index contributed by atoms with van der Waals surface area (Å²) < 4.78 is 5.32. The quantitative estimate of drug-likeness (QED) is 0.700. The summed E-state index contributed by atoms with van der Waals surface area (Å²) in [6.07, 6.45) is 3.13. The number of allylic oxidation sites excluding steroid dienone is 2. The lowest BCUT2D eigenvalue weighted by atomic mass is 10.1. The zero-order chi connectivity index (χ0) is 16.8. The summed E-state index contributed by atoms with van der Waals surface area (Å²) >= 11 is 0. The monoisotopic (exact) mass is 314 g/mol. The Labute approximate surface area is 136 Å². The van der Waals surface area contributed by atoms with E-state index in [4.69, 9.17) is 21.0 Å². The van der Waals surface area contributed by atoms with E-state index in [9.17, 15) is 0 Å². The van der Waals surface area contributed by atoms with Crippen LogP contribution in [0.5, 0.6) is 0 Å². The lowest BCUT2D eigenvalue weighted by molar-refractivity contribution is 0.156.